The Hall–Kier alpha value is -2.48. The average Bonchev–Trinajstić information content (AvgIpc) is 3.01. The van der Waals surface area contributed by atoms with E-state index in [1.54, 1.807) is 7.11 Å². The quantitative estimate of drug-likeness (QED) is 0.465. The van der Waals surface area contributed by atoms with E-state index in [4.69, 9.17) is 4.74 Å². The third-order valence-corrected chi connectivity index (χ3v) is 8.43. The number of ether oxygens (including phenoxy) is 1. The summed E-state index contributed by atoms with van der Waals surface area (Å²) in [7, 11) is 1.69. The molecule has 2 aliphatic carbocycles. The lowest BCUT2D eigenvalue weighted by Gasteiger charge is -2.34. The fourth-order valence-electron chi connectivity index (χ4n) is 6.27. The molecule has 0 saturated heterocycles. The lowest BCUT2D eigenvalue weighted by Crippen LogP contribution is -2.25. The Morgan fingerprint density at radius 1 is 0.833 bits per heavy atom. The van der Waals surface area contributed by atoms with Crippen molar-refractivity contribution in [2.24, 2.45) is 10.8 Å². The van der Waals surface area contributed by atoms with Crippen LogP contribution in [-0.4, -0.2) is 12.2 Å². The first-order valence-corrected chi connectivity index (χ1v) is 11.0. The highest BCUT2D eigenvalue weighted by molar-refractivity contribution is 6.06. The van der Waals surface area contributed by atoms with Crippen molar-refractivity contribution < 1.29 is 9.84 Å². The summed E-state index contributed by atoms with van der Waals surface area (Å²) >= 11 is 0. The lowest BCUT2D eigenvalue weighted by atomic mass is 9.71. The standard InChI is InChI=1S/C28H32O2/c1-16-8-9-18-21(10-16)28(14-26(3,4)27(5,6)15-28)22-13-23(29)19-12-24(30-7)17(2)11-20(19)25(18)22/h8-13,29H,14-15H2,1-7H3. The zero-order valence-electron chi connectivity index (χ0n) is 19.2. The molecule has 156 valence electrons. The molecule has 0 aliphatic heterocycles. The Morgan fingerprint density at radius 2 is 1.50 bits per heavy atom. The molecule has 0 unspecified atom stereocenters. The molecule has 0 bridgehead atoms. The maximum atomic E-state index is 11.1. The topological polar surface area (TPSA) is 29.5 Å². The number of phenolic OH excluding ortho intramolecular Hbond substituents is 1. The Bertz CT molecular complexity index is 1200. The van der Waals surface area contributed by atoms with Crippen LogP contribution in [0.4, 0.5) is 0 Å². The van der Waals surface area contributed by atoms with E-state index in [1.165, 1.54) is 27.8 Å². The third-order valence-electron chi connectivity index (χ3n) is 8.43. The molecule has 0 radical (unpaired) electrons. The van der Waals surface area contributed by atoms with Gasteiger partial charge in [-0.15, -0.1) is 0 Å². The van der Waals surface area contributed by atoms with Gasteiger partial charge in [-0.2, -0.15) is 0 Å². The van der Waals surface area contributed by atoms with Crippen LogP contribution in [0.5, 0.6) is 11.5 Å². The van der Waals surface area contributed by atoms with E-state index < -0.39 is 0 Å². The Balaban J connectivity index is 1.92. The Labute approximate surface area is 179 Å². The summed E-state index contributed by atoms with van der Waals surface area (Å²) in [5, 5.41) is 13.1. The number of aromatic hydroxyl groups is 1. The first kappa shape index (κ1) is 19.5. The normalized spacial score (nSPS) is 19.8. The van der Waals surface area contributed by atoms with Crippen molar-refractivity contribution in [3.63, 3.8) is 0 Å². The van der Waals surface area contributed by atoms with Crippen LogP contribution in [0, 0.1) is 24.7 Å². The predicted octanol–water partition coefficient (Wildman–Crippen LogP) is 7.28. The smallest absolute Gasteiger partial charge is 0.123 e. The highest BCUT2D eigenvalue weighted by Crippen LogP contribution is 2.68. The van der Waals surface area contributed by atoms with Gasteiger partial charge in [0.15, 0.2) is 0 Å². The SMILES string of the molecule is COc1cc2c(O)cc3c(c2cc1C)-c1ccc(C)cc1C31CC(C)(C)C(C)(C)C1. The predicted molar refractivity (Wildman–Crippen MR) is 125 cm³/mol. The van der Waals surface area contributed by atoms with Crippen molar-refractivity contribution in [2.75, 3.05) is 7.11 Å². The molecular weight excluding hydrogens is 368 g/mol. The summed E-state index contributed by atoms with van der Waals surface area (Å²) in [6.45, 7) is 13.9. The van der Waals surface area contributed by atoms with Crippen molar-refractivity contribution in [3.05, 3.63) is 58.7 Å². The van der Waals surface area contributed by atoms with Crippen molar-refractivity contribution in [2.45, 2.75) is 59.8 Å². The van der Waals surface area contributed by atoms with Crippen LogP contribution in [0.25, 0.3) is 21.9 Å². The van der Waals surface area contributed by atoms with Crippen molar-refractivity contribution >= 4 is 10.8 Å². The minimum atomic E-state index is -0.0524. The molecule has 30 heavy (non-hydrogen) atoms. The average molecular weight is 401 g/mol. The Morgan fingerprint density at radius 3 is 2.13 bits per heavy atom. The van der Waals surface area contributed by atoms with Gasteiger partial charge in [0, 0.05) is 10.8 Å². The number of hydrogen-bond acceptors (Lipinski definition) is 2. The van der Waals surface area contributed by atoms with E-state index in [0.717, 1.165) is 34.9 Å². The molecule has 1 saturated carbocycles. The summed E-state index contributed by atoms with van der Waals surface area (Å²) in [6.07, 6.45) is 2.19. The van der Waals surface area contributed by atoms with E-state index in [0.29, 0.717) is 5.75 Å². The van der Waals surface area contributed by atoms with Gasteiger partial charge in [0.2, 0.25) is 0 Å². The molecule has 1 spiro atoms. The van der Waals surface area contributed by atoms with Crippen molar-refractivity contribution in [1.29, 1.82) is 0 Å². The van der Waals surface area contributed by atoms with Gasteiger partial charge in [-0.25, -0.2) is 0 Å². The second kappa shape index (κ2) is 5.81. The van der Waals surface area contributed by atoms with Crippen LogP contribution in [0.15, 0.2) is 36.4 Å². The van der Waals surface area contributed by atoms with Crippen molar-refractivity contribution in [3.8, 4) is 22.6 Å². The third kappa shape index (κ3) is 2.31. The van der Waals surface area contributed by atoms with Gasteiger partial charge in [0.25, 0.3) is 0 Å². The molecule has 5 rings (SSSR count). The van der Waals surface area contributed by atoms with Crippen LogP contribution in [0.2, 0.25) is 0 Å². The number of aryl methyl sites for hydroxylation is 2. The molecule has 0 heterocycles. The van der Waals surface area contributed by atoms with Gasteiger partial charge in [-0.3, -0.25) is 0 Å². The van der Waals surface area contributed by atoms with Gasteiger partial charge in [-0.05, 0) is 88.9 Å². The van der Waals surface area contributed by atoms with Gasteiger partial charge in [0.1, 0.15) is 11.5 Å². The number of hydrogen-bond donors (Lipinski definition) is 1. The monoisotopic (exact) mass is 400 g/mol. The number of methoxy groups -OCH3 is 1. The zero-order valence-corrected chi connectivity index (χ0v) is 19.2. The molecule has 2 aliphatic rings. The van der Waals surface area contributed by atoms with Crippen LogP contribution >= 0.6 is 0 Å². The summed E-state index contributed by atoms with van der Waals surface area (Å²) in [6, 6.07) is 13.2. The fraction of sp³-hybridized carbons (Fsp3) is 0.429. The maximum Gasteiger partial charge on any atom is 0.123 e. The summed E-state index contributed by atoms with van der Waals surface area (Å²) in [4.78, 5) is 0. The number of phenols is 1. The molecule has 2 heteroatoms. The van der Waals surface area contributed by atoms with Crippen molar-refractivity contribution in [1.82, 2.24) is 0 Å². The summed E-state index contributed by atoms with van der Waals surface area (Å²) in [5.41, 5.74) is 8.13. The van der Waals surface area contributed by atoms with E-state index >= 15 is 0 Å². The summed E-state index contributed by atoms with van der Waals surface area (Å²) < 4.78 is 5.55. The molecule has 3 aromatic carbocycles. The van der Waals surface area contributed by atoms with Gasteiger partial charge in [0.05, 0.1) is 7.11 Å². The molecule has 0 amide bonds. The van der Waals surface area contributed by atoms with E-state index in [9.17, 15) is 5.11 Å². The molecule has 3 aromatic rings. The first-order valence-electron chi connectivity index (χ1n) is 11.0. The molecule has 1 N–H and O–H groups in total. The molecule has 0 atom stereocenters. The number of rotatable bonds is 1. The maximum absolute atomic E-state index is 11.1. The van der Waals surface area contributed by atoms with Gasteiger partial charge < -0.3 is 9.84 Å². The second-order valence-corrected chi connectivity index (χ2v) is 10.9. The molecule has 1 fully saturated rings. The molecule has 2 nitrogen and oxygen atoms in total. The van der Waals surface area contributed by atoms with E-state index in [1.807, 2.05) is 6.07 Å². The first-order chi connectivity index (χ1) is 14.0. The van der Waals surface area contributed by atoms with Gasteiger partial charge >= 0.3 is 0 Å². The fourth-order valence-corrected chi connectivity index (χ4v) is 6.27. The zero-order chi connectivity index (χ0) is 21.6. The van der Waals surface area contributed by atoms with E-state index in [2.05, 4.69) is 71.9 Å². The van der Waals surface area contributed by atoms with Crippen LogP contribution < -0.4 is 4.74 Å². The largest absolute Gasteiger partial charge is 0.507 e. The second-order valence-electron chi connectivity index (χ2n) is 10.9. The number of fused-ring (bicyclic) bond motifs is 7. The lowest BCUT2D eigenvalue weighted by molar-refractivity contribution is 0.157. The van der Waals surface area contributed by atoms with Crippen LogP contribution in [-0.2, 0) is 5.41 Å². The minimum absolute atomic E-state index is 0.0524. The molecular formula is C28H32O2. The highest BCUT2D eigenvalue weighted by Gasteiger charge is 2.58. The highest BCUT2D eigenvalue weighted by atomic mass is 16.5. The van der Waals surface area contributed by atoms with Crippen LogP contribution in [0.1, 0.15) is 62.8 Å². The van der Waals surface area contributed by atoms with E-state index in [-0.39, 0.29) is 16.2 Å². The van der Waals surface area contributed by atoms with Gasteiger partial charge in [-0.1, -0.05) is 51.5 Å². The minimum Gasteiger partial charge on any atom is -0.507 e. The molecule has 0 aromatic heterocycles. The summed E-state index contributed by atoms with van der Waals surface area (Å²) in [5.74, 6) is 1.17. The van der Waals surface area contributed by atoms with Crippen LogP contribution in [0.3, 0.4) is 0 Å². The Kier molecular flexibility index (Phi) is 3.77. The number of benzene rings is 3.